The molecule has 0 aliphatic heterocycles. The number of hydrogen-bond donors (Lipinski definition) is 1. The number of halogens is 2. The Morgan fingerprint density at radius 3 is 2.53 bits per heavy atom. The maximum Gasteiger partial charge on any atom is 0.0559 e. The standard InChI is InChI=1S/C13H12Cl2N2/c1-9-2-3-16-8-13(9)17-7-10-4-11(14)6-12(15)5-10/h2-6,8,17H,7H2,1H3. The van der Waals surface area contributed by atoms with Crippen molar-refractivity contribution in [2.24, 2.45) is 0 Å². The lowest BCUT2D eigenvalue weighted by molar-refractivity contribution is 1.12. The molecule has 0 atom stereocenters. The Morgan fingerprint density at radius 2 is 1.88 bits per heavy atom. The summed E-state index contributed by atoms with van der Waals surface area (Å²) in [6.07, 6.45) is 3.58. The number of nitrogens with zero attached hydrogens (tertiary/aromatic N) is 1. The summed E-state index contributed by atoms with van der Waals surface area (Å²) >= 11 is 11.9. The number of aryl methyl sites for hydroxylation is 1. The molecule has 0 unspecified atom stereocenters. The summed E-state index contributed by atoms with van der Waals surface area (Å²) in [5.41, 5.74) is 3.22. The zero-order valence-electron chi connectivity index (χ0n) is 9.37. The second kappa shape index (κ2) is 5.39. The van der Waals surface area contributed by atoms with E-state index in [4.69, 9.17) is 23.2 Å². The Kier molecular flexibility index (Phi) is 3.87. The van der Waals surface area contributed by atoms with Crippen LogP contribution in [-0.2, 0) is 6.54 Å². The van der Waals surface area contributed by atoms with Gasteiger partial charge in [0.05, 0.1) is 11.9 Å². The highest BCUT2D eigenvalue weighted by Crippen LogP contribution is 2.20. The Hall–Kier alpha value is -1.25. The average Bonchev–Trinajstić information content (AvgIpc) is 2.27. The zero-order valence-corrected chi connectivity index (χ0v) is 10.9. The highest BCUT2D eigenvalue weighted by atomic mass is 35.5. The molecule has 0 amide bonds. The second-order valence-corrected chi connectivity index (χ2v) is 4.69. The molecule has 0 saturated carbocycles. The van der Waals surface area contributed by atoms with Gasteiger partial charge in [0.15, 0.2) is 0 Å². The molecule has 1 aromatic heterocycles. The lowest BCUT2D eigenvalue weighted by atomic mass is 10.2. The van der Waals surface area contributed by atoms with Crippen molar-refractivity contribution in [3.8, 4) is 0 Å². The minimum atomic E-state index is 0.650. The van der Waals surface area contributed by atoms with Gasteiger partial charge in [-0.1, -0.05) is 23.2 Å². The van der Waals surface area contributed by atoms with Gasteiger partial charge in [0.25, 0.3) is 0 Å². The van der Waals surface area contributed by atoms with Crippen LogP contribution < -0.4 is 5.32 Å². The van der Waals surface area contributed by atoms with E-state index < -0.39 is 0 Å². The van der Waals surface area contributed by atoms with Gasteiger partial charge in [-0.05, 0) is 42.3 Å². The number of rotatable bonds is 3. The Morgan fingerprint density at radius 1 is 1.18 bits per heavy atom. The van der Waals surface area contributed by atoms with Gasteiger partial charge in [0.2, 0.25) is 0 Å². The van der Waals surface area contributed by atoms with Gasteiger partial charge in [-0.25, -0.2) is 0 Å². The van der Waals surface area contributed by atoms with Crippen molar-refractivity contribution in [3.63, 3.8) is 0 Å². The molecule has 0 aliphatic carbocycles. The number of nitrogens with one attached hydrogen (secondary N) is 1. The zero-order chi connectivity index (χ0) is 12.3. The van der Waals surface area contributed by atoms with Crippen LogP contribution in [0.25, 0.3) is 0 Å². The van der Waals surface area contributed by atoms with E-state index in [1.165, 1.54) is 0 Å². The van der Waals surface area contributed by atoms with Crippen LogP contribution in [-0.4, -0.2) is 4.98 Å². The molecule has 0 radical (unpaired) electrons. The van der Waals surface area contributed by atoms with Crippen LogP contribution in [0.5, 0.6) is 0 Å². The first kappa shape index (κ1) is 12.2. The lowest BCUT2D eigenvalue weighted by Gasteiger charge is -2.09. The molecular weight excluding hydrogens is 255 g/mol. The van der Waals surface area contributed by atoms with Crippen LogP contribution in [0.3, 0.4) is 0 Å². The van der Waals surface area contributed by atoms with Gasteiger partial charge < -0.3 is 5.32 Å². The molecular formula is C13H12Cl2N2. The summed E-state index contributed by atoms with van der Waals surface area (Å²) in [5, 5.41) is 4.60. The molecule has 4 heteroatoms. The van der Waals surface area contributed by atoms with Crippen molar-refractivity contribution >= 4 is 28.9 Å². The lowest BCUT2D eigenvalue weighted by Crippen LogP contribution is -2.01. The molecule has 1 N–H and O–H groups in total. The number of hydrogen-bond acceptors (Lipinski definition) is 2. The van der Waals surface area contributed by atoms with E-state index in [9.17, 15) is 0 Å². The van der Waals surface area contributed by atoms with Crippen molar-refractivity contribution in [2.75, 3.05) is 5.32 Å². The maximum atomic E-state index is 5.94. The second-order valence-electron chi connectivity index (χ2n) is 3.82. The fourth-order valence-corrected chi connectivity index (χ4v) is 2.13. The third-order valence-corrected chi connectivity index (χ3v) is 2.88. The van der Waals surface area contributed by atoms with Crippen LogP contribution >= 0.6 is 23.2 Å². The molecule has 0 fully saturated rings. The van der Waals surface area contributed by atoms with Gasteiger partial charge in [0.1, 0.15) is 0 Å². The Balaban J connectivity index is 2.10. The number of aromatic nitrogens is 1. The smallest absolute Gasteiger partial charge is 0.0559 e. The highest BCUT2D eigenvalue weighted by molar-refractivity contribution is 6.34. The van der Waals surface area contributed by atoms with Crippen molar-refractivity contribution in [1.82, 2.24) is 4.98 Å². The number of anilines is 1. The summed E-state index contributed by atoms with van der Waals surface area (Å²) < 4.78 is 0. The fourth-order valence-electron chi connectivity index (χ4n) is 1.56. The van der Waals surface area contributed by atoms with Gasteiger partial charge in [-0.2, -0.15) is 0 Å². The maximum absolute atomic E-state index is 5.94. The first-order valence-corrected chi connectivity index (χ1v) is 6.00. The molecule has 2 nitrogen and oxygen atoms in total. The molecule has 2 rings (SSSR count). The highest BCUT2D eigenvalue weighted by Gasteiger charge is 2.00. The van der Waals surface area contributed by atoms with Crippen LogP contribution in [0.15, 0.2) is 36.7 Å². The normalized spacial score (nSPS) is 10.3. The van der Waals surface area contributed by atoms with E-state index in [2.05, 4.69) is 10.3 Å². The summed E-state index contributed by atoms with van der Waals surface area (Å²) in [4.78, 5) is 4.08. The van der Waals surface area contributed by atoms with Gasteiger partial charge >= 0.3 is 0 Å². The third-order valence-electron chi connectivity index (χ3n) is 2.44. The van der Waals surface area contributed by atoms with Gasteiger partial charge in [-0.15, -0.1) is 0 Å². The molecule has 0 bridgehead atoms. The molecule has 1 aromatic carbocycles. The number of pyridine rings is 1. The predicted octanol–water partition coefficient (Wildman–Crippen LogP) is 4.31. The summed E-state index contributed by atoms with van der Waals surface area (Å²) in [6.45, 7) is 2.71. The van der Waals surface area contributed by atoms with E-state index in [0.29, 0.717) is 16.6 Å². The van der Waals surface area contributed by atoms with Crippen LogP contribution in [0.1, 0.15) is 11.1 Å². The quantitative estimate of drug-likeness (QED) is 0.896. The van der Waals surface area contributed by atoms with Crippen LogP contribution in [0, 0.1) is 6.92 Å². The predicted molar refractivity (Wildman–Crippen MR) is 72.8 cm³/mol. The van der Waals surface area contributed by atoms with E-state index in [0.717, 1.165) is 16.8 Å². The van der Waals surface area contributed by atoms with Crippen molar-refractivity contribution < 1.29 is 0 Å². The minimum Gasteiger partial charge on any atom is -0.380 e. The van der Waals surface area contributed by atoms with Crippen LogP contribution in [0.2, 0.25) is 10.0 Å². The first-order chi connectivity index (χ1) is 8.15. The Bertz CT molecular complexity index is 506. The topological polar surface area (TPSA) is 24.9 Å². The summed E-state index contributed by atoms with van der Waals surface area (Å²) in [5.74, 6) is 0. The van der Waals surface area contributed by atoms with Crippen LogP contribution in [0.4, 0.5) is 5.69 Å². The largest absolute Gasteiger partial charge is 0.380 e. The van der Waals surface area contributed by atoms with E-state index in [1.54, 1.807) is 12.3 Å². The first-order valence-electron chi connectivity index (χ1n) is 5.24. The minimum absolute atomic E-state index is 0.650. The monoisotopic (exact) mass is 266 g/mol. The Labute approximate surface area is 111 Å². The molecule has 2 aromatic rings. The molecule has 1 heterocycles. The summed E-state index contributed by atoms with van der Waals surface area (Å²) in [6, 6.07) is 7.48. The van der Waals surface area contributed by atoms with Gasteiger partial charge in [-0.3, -0.25) is 4.98 Å². The summed E-state index contributed by atoms with van der Waals surface area (Å²) in [7, 11) is 0. The van der Waals surface area contributed by atoms with Gasteiger partial charge in [0, 0.05) is 22.8 Å². The fraction of sp³-hybridized carbons (Fsp3) is 0.154. The van der Waals surface area contributed by atoms with E-state index in [1.807, 2.05) is 31.3 Å². The van der Waals surface area contributed by atoms with Crippen molar-refractivity contribution in [3.05, 3.63) is 57.8 Å². The third kappa shape index (κ3) is 3.35. The van der Waals surface area contributed by atoms with E-state index >= 15 is 0 Å². The molecule has 88 valence electrons. The van der Waals surface area contributed by atoms with E-state index in [-0.39, 0.29) is 0 Å². The molecule has 0 spiro atoms. The van der Waals surface area contributed by atoms with Crippen molar-refractivity contribution in [1.29, 1.82) is 0 Å². The average molecular weight is 267 g/mol. The molecule has 0 aliphatic rings. The SMILES string of the molecule is Cc1ccncc1NCc1cc(Cl)cc(Cl)c1. The molecule has 0 saturated heterocycles. The van der Waals surface area contributed by atoms with Crippen molar-refractivity contribution in [2.45, 2.75) is 13.5 Å². The number of benzene rings is 1. The molecule has 17 heavy (non-hydrogen) atoms.